The van der Waals surface area contributed by atoms with Gasteiger partial charge in [0.25, 0.3) is 0 Å². The van der Waals surface area contributed by atoms with E-state index in [4.69, 9.17) is 0 Å². The van der Waals surface area contributed by atoms with E-state index in [1.807, 2.05) is 61.0 Å². The van der Waals surface area contributed by atoms with E-state index in [9.17, 15) is 9.18 Å². The van der Waals surface area contributed by atoms with Crippen LogP contribution in [-0.4, -0.2) is 67.8 Å². The number of nitrogens with zero attached hydrogens (tertiary/aromatic N) is 6. The third-order valence-corrected chi connectivity index (χ3v) is 7.12. The summed E-state index contributed by atoms with van der Waals surface area (Å²) in [5.74, 6) is 0.337. The largest absolute Gasteiger partial charge is 0.336 e. The number of likely N-dealkylation sites (N-methyl/N-ethyl adjacent to an activating group) is 1. The number of carbonyl (C=O) groups is 1. The molecule has 0 aliphatic carbocycles. The molecule has 0 spiro atoms. The number of benzene rings is 1. The van der Waals surface area contributed by atoms with Crippen LogP contribution in [0.4, 0.5) is 16.2 Å². The van der Waals surface area contributed by atoms with Gasteiger partial charge in [0, 0.05) is 68.4 Å². The molecule has 9 heteroatoms. The second kappa shape index (κ2) is 11.0. The molecule has 1 N–H and O–H groups in total. The highest BCUT2D eigenvalue weighted by molar-refractivity contribution is 5.99. The molecule has 198 valence electrons. The molecular formula is C29H34FN7O. The summed E-state index contributed by atoms with van der Waals surface area (Å²) in [4.78, 5) is 30.2. The fourth-order valence-corrected chi connectivity index (χ4v) is 5.07. The van der Waals surface area contributed by atoms with Crippen molar-refractivity contribution >= 4 is 28.5 Å². The second-order valence-electron chi connectivity index (χ2n) is 10.1. The number of piperazine rings is 1. The van der Waals surface area contributed by atoms with E-state index in [1.54, 1.807) is 6.92 Å². The van der Waals surface area contributed by atoms with Gasteiger partial charge >= 0.3 is 0 Å². The molecule has 1 aliphatic heterocycles. The first kappa shape index (κ1) is 25.9. The summed E-state index contributed by atoms with van der Waals surface area (Å²) < 4.78 is 16.8. The van der Waals surface area contributed by atoms with E-state index in [-0.39, 0.29) is 23.5 Å². The van der Waals surface area contributed by atoms with Crippen molar-refractivity contribution < 1.29 is 9.18 Å². The molecule has 1 aromatic carbocycles. The van der Waals surface area contributed by atoms with Gasteiger partial charge in [-0.25, -0.2) is 19.3 Å². The fraction of sp³-hybridized carbons (Fsp3) is 0.379. The van der Waals surface area contributed by atoms with Crippen molar-refractivity contribution in [3.8, 4) is 11.3 Å². The predicted octanol–water partition coefficient (Wildman–Crippen LogP) is 5.30. The number of nitrogens with one attached hydrogen (secondary N) is 1. The minimum absolute atomic E-state index is 0.00580. The highest BCUT2D eigenvalue weighted by Gasteiger charge is 2.18. The van der Waals surface area contributed by atoms with Crippen molar-refractivity contribution in [1.29, 1.82) is 0 Å². The van der Waals surface area contributed by atoms with Crippen LogP contribution in [0.2, 0.25) is 0 Å². The molecule has 1 saturated heterocycles. The van der Waals surface area contributed by atoms with Crippen LogP contribution in [0.3, 0.4) is 0 Å². The molecule has 4 aromatic rings. The number of hydrogen-bond donors (Lipinski definition) is 1. The first-order valence-corrected chi connectivity index (χ1v) is 13.2. The Hall–Kier alpha value is -3.69. The zero-order valence-corrected chi connectivity index (χ0v) is 22.4. The van der Waals surface area contributed by atoms with E-state index >= 15 is 0 Å². The molecule has 38 heavy (non-hydrogen) atoms. The van der Waals surface area contributed by atoms with Crippen molar-refractivity contribution in [1.82, 2.24) is 29.3 Å². The molecule has 8 nitrogen and oxygen atoms in total. The molecule has 0 radical (unpaired) electrons. The third-order valence-electron chi connectivity index (χ3n) is 7.12. The topological polar surface area (TPSA) is 79.2 Å². The molecule has 5 rings (SSSR count). The monoisotopic (exact) mass is 515 g/mol. The van der Waals surface area contributed by atoms with E-state index in [0.29, 0.717) is 17.1 Å². The van der Waals surface area contributed by atoms with Gasteiger partial charge in [-0.05, 0) is 50.2 Å². The number of pyridine rings is 1. The maximum absolute atomic E-state index is 14.8. The van der Waals surface area contributed by atoms with Gasteiger partial charge in [0.05, 0.1) is 11.9 Å². The summed E-state index contributed by atoms with van der Waals surface area (Å²) in [6.07, 6.45) is 3.03. The van der Waals surface area contributed by atoms with Crippen molar-refractivity contribution in [3.63, 3.8) is 0 Å². The molecule has 1 fully saturated rings. The molecule has 0 saturated carbocycles. The highest BCUT2D eigenvalue weighted by Crippen LogP contribution is 2.30. The average Bonchev–Trinajstić information content (AvgIpc) is 3.31. The number of Topliss-reactive ketones (excluding diaryl/α,β-unsaturated/α-hetero) is 1. The Morgan fingerprint density at radius 2 is 1.79 bits per heavy atom. The predicted molar refractivity (Wildman–Crippen MR) is 148 cm³/mol. The lowest BCUT2D eigenvalue weighted by Crippen LogP contribution is -2.45. The summed E-state index contributed by atoms with van der Waals surface area (Å²) in [5.41, 5.74) is 3.51. The Balaban J connectivity index is 1.33. The van der Waals surface area contributed by atoms with E-state index in [2.05, 4.69) is 37.0 Å². The summed E-state index contributed by atoms with van der Waals surface area (Å²) in [7, 11) is 0. The number of fused-ring (bicyclic) bond motifs is 1. The van der Waals surface area contributed by atoms with Crippen molar-refractivity contribution in [3.05, 3.63) is 65.9 Å². The maximum Gasteiger partial charge on any atom is 0.229 e. The van der Waals surface area contributed by atoms with E-state index in [0.717, 1.165) is 55.7 Å². The number of anilines is 2. The Kier molecular flexibility index (Phi) is 7.49. The maximum atomic E-state index is 14.8. The number of ketones is 1. The van der Waals surface area contributed by atoms with Gasteiger partial charge in [-0.3, -0.25) is 9.69 Å². The minimum atomic E-state index is -0.517. The van der Waals surface area contributed by atoms with Crippen LogP contribution >= 0.6 is 0 Å². The van der Waals surface area contributed by atoms with Crippen molar-refractivity contribution in [2.75, 3.05) is 38.0 Å². The lowest BCUT2D eigenvalue weighted by molar-refractivity contribution is 0.100. The highest BCUT2D eigenvalue weighted by atomic mass is 19.1. The zero-order valence-electron chi connectivity index (χ0n) is 22.4. The van der Waals surface area contributed by atoms with Gasteiger partial charge in [-0.15, -0.1) is 0 Å². The summed E-state index contributed by atoms with van der Waals surface area (Å²) >= 11 is 0. The first-order chi connectivity index (χ1) is 18.3. The van der Waals surface area contributed by atoms with Crippen LogP contribution in [0.15, 0.2) is 48.8 Å². The Bertz CT molecular complexity index is 1440. The number of aromatic nitrogens is 4. The van der Waals surface area contributed by atoms with E-state index in [1.165, 1.54) is 6.20 Å². The van der Waals surface area contributed by atoms with Crippen LogP contribution in [0.25, 0.3) is 22.2 Å². The van der Waals surface area contributed by atoms with Crippen LogP contribution in [0.1, 0.15) is 49.8 Å². The summed E-state index contributed by atoms with van der Waals surface area (Å²) in [6.45, 7) is 14.1. The van der Waals surface area contributed by atoms with Crippen LogP contribution in [0.5, 0.6) is 0 Å². The van der Waals surface area contributed by atoms with Crippen molar-refractivity contribution in [2.45, 2.75) is 40.3 Å². The lowest BCUT2D eigenvalue weighted by atomic mass is 10.1. The fourth-order valence-electron chi connectivity index (χ4n) is 5.07. The van der Waals surface area contributed by atoms with Crippen LogP contribution < -0.4 is 5.32 Å². The number of halogens is 1. The molecule has 0 amide bonds. The molecule has 1 aliphatic rings. The third kappa shape index (κ3) is 5.44. The van der Waals surface area contributed by atoms with Crippen molar-refractivity contribution in [2.24, 2.45) is 0 Å². The molecule has 4 heterocycles. The number of rotatable bonds is 8. The summed E-state index contributed by atoms with van der Waals surface area (Å²) in [6, 6.07) is 11.5. The molecule has 0 unspecified atom stereocenters. The lowest BCUT2D eigenvalue weighted by Gasteiger charge is -2.33. The SMILES string of the molecule is CCN1CCN(Cc2ccc(Nc3ncc(F)c(-c4ccc5c(c4)cc(C(C)=O)n5C(C)C)n3)nc2)CC1. The quantitative estimate of drug-likeness (QED) is 0.319. The Labute approximate surface area is 222 Å². The normalized spacial score (nSPS) is 14.9. The van der Waals surface area contributed by atoms with Crippen LogP contribution in [0, 0.1) is 5.82 Å². The van der Waals surface area contributed by atoms with Crippen LogP contribution in [-0.2, 0) is 6.54 Å². The molecule has 0 atom stereocenters. The summed E-state index contributed by atoms with van der Waals surface area (Å²) in [5, 5.41) is 3.96. The molecule has 3 aromatic heterocycles. The standard InChI is InChI=1S/C29H34FN7O/c1-5-35-10-12-36(13-11-35)18-21-6-9-27(31-16-21)33-29-32-17-24(30)28(34-29)22-7-8-25-23(14-22)15-26(20(4)38)37(25)19(2)3/h6-9,14-17,19H,5,10-13,18H2,1-4H3,(H,31,32,33,34). The first-order valence-electron chi connectivity index (χ1n) is 13.2. The Morgan fingerprint density at radius 3 is 2.45 bits per heavy atom. The Morgan fingerprint density at radius 1 is 1.03 bits per heavy atom. The van der Waals surface area contributed by atoms with E-state index < -0.39 is 5.82 Å². The number of hydrogen-bond acceptors (Lipinski definition) is 7. The molecule has 0 bridgehead atoms. The average molecular weight is 516 g/mol. The van der Waals surface area contributed by atoms with Gasteiger partial charge < -0.3 is 14.8 Å². The second-order valence-corrected chi connectivity index (χ2v) is 10.1. The van der Waals surface area contributed by atoms with Gasteiger partial charge in [0.2, 0.25) is 5.95 Å². The smallest absolute Gasteiger partial charge is 0.229 e. The van der Waals surface area contributed by atoms with Gasteiger partial charge in [0.15, 0.2) is 11.6 Å². The van der Waals surface area contributed by atoms with Gasteiger partial charge in [-0.2, -0.15) is 0 Å². The zero-order chi connectivity index (χ0) is 26.8. The minimum Gasteiger partial charge on any atom is -0.336 e. The molecular weight excluding hydrogens is 481 g/mol. The van der Waals surface area contributed by atoms with Gasteiger partial charge in [0.1, 0.15) is 11.5 Å². The number of carbonyl (C=O) groups excluding carboxylic acids is 1. The van der Waals surface area contributed by atoms with Gasteiger partial charge in [-0.1, -0.05) is 19.1 Å².